The number of aromatic nitrogens is 2. The molecule has 8 nitrogen and oxygen atoms in total. The lowest BCUT2D eigenvalue weighted by Crippen LogP contribution is -2.39. The number of aryl methyl sites for hydroxylation is 2. The molecule has 0 saturated carbocycles. The fraction of sp³-hybridized carbons (Fsp3) is 0.273. The number of hydrogen-bond acceptors (Lipinski definition) is 7. The van der Waals surface area contributed by atoms with Crippen LogP contribution >= 0.6 is 11.3 Å². The molecule has 0 bridgehead atoms. The molecule has 0 unspecified atom stereocenters. The first-order valence-corrected chi connectivity index (χ1v) is 14.7. The number of fused-ring (bicyclic) bond motifs is 1. The maximum absolute atomic E-state index is 14.0. The van der Waals surface area contributed by atoms with E-state index in [4.69, 9.17) is 9.47 Å². The lowest BCUT2D eigenvalue weighted by atomic mass is 9.95. The molecule has 0 N–H and O–H groups in total. The molecule has 1 aliphatic heterocycles. The summed E-state index contributed by atoms with van der Waals surface area (Å²) in [5.74, 6) is -0.831. The third-order valence-electron chi connectivity index (χ3n) is 7.30. The highest BCUT2D eigenvalue weighted by Gasteiger charge is 2.33. The van der Waals surface area contributed by atoms with Gasteiger partial charge in [-0.05, 0) is 89.1 Å². The van der Waals surface area contributed by atoms with Gasteiger partial charge in [0.05, 0.1) is 40.6 Å². The number of allylic oxidation sites excluding steroid dienone is 1. The van der Waals surface area contributed by atoms with Gasteiger partial charge < -0.3 is 14.0 Å². The zero-order valence-corrected chi connectivity index (χ0v) is 25.4. The monoisotopic (exact) mass is 583 g/mol. The molecule has 0 amide bonds. The van der Waals surface area contributed by atoms with E-state index in [0.717, 1.165) is 33.8 Å². The average molecular weight is 584 g/mol. The van der Waals surface area contributed by atoms with Crippen molar-refractivity contribution in [2.75, 3.05) is 13.2 Å². The first kappa shape index (κ1) is 29.0. The van der Waals surface area contributed by atoms with Gasteiger partial charge in [-0.2, -0.15) is 0 Å². The summed E-state index contributed by atoms with van der Waals surface area (Å²) in [5.41, 5.74) is 6.78. The van der Waals surface area contributed by atoms with Crippen LogP contribution in [0.5, 0.6) is 0 Å². The van der Waals surface area contributed by atoms with Crippen LogP contribution in [0.4, 0.5) is 0 Å². The van der Waals surface area contributed by atoms with Gasteiger partial charge in [0.1, 0.15) is 0 Å². The molecule has 0 fully saturated rings. The lowest BCUT2D eigenvalue weighted by Gasteiger charge is -2.24. The van der Waals surface area contributed by atoms with Crippen molar-refractivity contribution in [3.63, 3.8) is 0 Å². The summed E-state index contributed by atoms with van der Waals surface area (Å²) in [6.45, 7) is 11.8. The van der Waals surface area contributed by atoms with Gasteiger partial charge in [0.2, 0.25) is 0 Å². The quantitative estimate of drug-likeness (QED) is 0.295. The molecule has 1 atom stereocenters. The smallest absolute Gasteiger partial charge is 0.338 e. The third kappa shape index (κ3) is 5.27. The van der Waals surface area contributed by atoms with E-state index in [0.29, 0.717) is 32.8 Å². The van der Waals surface area contributed by atoms with Gasteiger partial charge in [0.25, 0.3) is 5.56 Å². The Morgan fingerprint density at radius 3 is 2.21 bits per heavy atom. The Hall–Kier alpha value is -4.50. The number of benzene rings is 2. The molecule has 42 heavy (non-hydrogen) atoms. The molecule has 2 aromatic heterocycles. The summed E-state index contributed by atoms with van der Waals surface area (Å²) in [4.78, 5) is 44.4. The van der Waals surface area contributed by atoms with E-state index < -0.39 is 12.0 Å². The number of carbonyl (C=O) groups is 2. The lowest BCUT2D eigenvalue weighted by molar-refractivity contribution is -0.139. The Bertz CT molecular complexity index is 1890. The van der Waals surface area contributed by atoms with Gasteiger partial charge >= 0.3 is 11.9 Å². The number of nitrogens with zero attached hydrogens (tertiary/aromatic N) is 3. The molecule has 0 radical (unpaired) electrons. The minimum atomic E-state index is -0.645. The Morgan fingerprint density at radius 2 is 1.57 bits per heavy atom. The van der Waals surface area contributed by atoms with E-state index in [-0.39, 0.29) is 18.1 Å². The maximum atomic E-state index is 14.0. The summed E-state index contributed by atoms with van der Waals surface area (Å²) < 4.78 is 14.7. The molecule has 4 aromatic rings. The second kappa shape index (κ2) is 11.8. The predicted octanol–water partition coefficient (Wildman–Crippen LogP) is 4.69. The van der Waals surface area contributed by atoms with Crippen LogP contribution in [0.25, 0.3) is 11.8 Å². The van der Waals surface area contributed by atoms with Crippen molar-refractivity contribution in [3.8, 4) is 5.69 Å². The average Bonchev–Trinajstić information content (AvgIpc) is 3.42. The van der Waals surface area contributed by atoms with E-state index in [1.54, 1.807) is 37.5 Å². The fourth-order valence-corrected chi connectivity index (χ4v) is 6.33. The molecule has 0 aliphatic carbocycles. The predicted molar refractivity (Wildman–Crippen MR) is 163 cm³/mol. The van der Waals surface area contributed by atoms with E-state index in [2.05, 4.69) is 9.56 Å². The molecule has 0 spiro atoms. The Labute approximate surface area is 247 Å². The second-order valence-corrected chi connectivity index (χ2v) is 11.2. The standard InChI is InChI=1S/C33H33N3O5S/c1-7-40-31(38)24-13-15-26(16-14-24)35-20(4)17-25(22(35)6)18-27-30(37)36-29(23-11-9-19(3)10-12-23)28(32(39)41-8-2)21(5)34-33(36)42-27/h9-18,29H,7-8H2,1-6H3/b27-18+/t29-/m1/s1. The number of esters is 2. The Morgan fingerprint density at radius 1 is 0.929 bits per heavy atom. The van der Waals surface area contributed by atoms with Crippen molar-refractivity contribution in [3.05, 3.63) is 119 Å². The number of ether oxygens (including phenoxy) is 2. The molecule has 3 heterocycles. The van der Waals surface area contributed by atoms with E-state index >= 15 is 0 Å². The van der Waals surface area contributed by atoms with Crippen LogP contribution in [0.3, 0.4) is 0 Å². The molecular formula is C33H33N3O5S. The number of hydrogen-bond donors (Lipinski definition) is 0. The third-order valence-corrected chi connectivity index (χ3v) is 8.29. The summed E-state index contributed by atoms with van der Waals surface area (Å²) >= 11 is 1.30. The van der Waals surface area contributed by atoms with Crippen molar-refractivity contribution >= 4 is 29.4 Å². The van der Waals surface area contributed by atoms with Gasteiger partial charge in [0, 0.05) is 17.1 Å². The van der Waals surface area contributed by atoms with Crippen molar-refractivity contribution in [1.82, 2.24) is 9.13 Å². The van der Waals surface area contributed by atoms with Crippen molar-refractivity contribution in [2.45, 2.75) is 47.6 Å². The minimum absolute atomic E-state index is 0.220. The zero-order valence-electron chi connectivity index (χ0n) is 24.6. The number of thiazole rings is 1. The van der Waals surface area contributed by atoms with Crippen LogP contribution in [0.2, 0.25) is 0 Å². The molecule has 0 saturated heterocycles. The van der Waals surface area contributed by atoms with Crippen LogP contribution in [0.15, 0.2) is 75.7 Å². The van der Waals surface area contributed by atoms with Crippen molar-refractivity contribution in [2.24, 2.45) is 4.99 Å². The van der Waals surface area contributed by atoms with Crippen LogP contribution in [-0.2, 0) is 14.3 Å². The van der Waals surface area contributed by atoms with Crippen LogP contribution in [0, 0.1) is 20.8 Å². The summed E-state index contributed by atoms with van der Waals surface area (Å²) in [5, 5.41) is 0. The minimum Gasteiger partial charge on any atom is -0.463 e. The fourth-order valence-electron chi connectivity index (χ4n) is 5.29. The highest BCUT2D eigenvalue weighted by molar-refractivity contribution is 7.07. The molecule has 9 heteroatoms. The Kier molecular flexibility index (Phi) is 8.13. The van der Waals surface area contributed by atoms with Crippen LogP contribution < -0.4 is 14.9 Å². The molecule has 2 aromatic carbocycles. The van der Waals surface area contributed by atoms with Crippen molar-refractivity contribution in [1.29, 1.82) is 0 Å². The number of carbonyl (C=O) groups excluding carboxylic acids is 2. The summed E-state index contributed by atoms with van der Waals surface area (Å²) in [7, 11) is 0. The molecule has 216 valence electrons. The van der Waals surface area contributed by atoms with Gasteiger partial charge in [0.15, 0.2) is 4.80 Å². The highest BCUT2D eigenvalue weighted by Crippen LogP contribution is 2.31. The van der Waals surface area contributed by atoms with Gasteiger partial charge in [-0.25, -0.2) is 14.6 Å². The van der Waals surface area contributed by atoms with Gasteiger partial charge in [-0.3, -0.25) is 9.36 Å². The Balaban J connectivity index is 1.61. The van der Waals surface area contributed by atoms with Crippen LogP contribution in [0.1, 0.15) is 65.2 Å². The topological polar surface area (TPSA) is 91.9 Å². The SMILES string of the molecule is CCOC(=O)C1=C(C)N=c2s/c(=C/c3cc(C)n(-c4ccc(C(=O)OCC)cc4)c3C)c(=O)n2[C@@H]1c1ccc(C)cc1. The largest absolute Gasteiger partial charge is 0.463 e. The number of rotatable bonds is 7. The highest BCUT2D eigenvalue weighted by atomic mass is 32.1. The first-order chi connectivity index (χ1) is 20.1. The summed E-state index contributed by atoms with van der Waals surface area (Å²) in [6, 6.07) is 16.5. The maximum Gasteiger partial charge on any atom is 0.338 e. The molecule has 5 rings (SSSR count). The van der Waals surface area contributed by atoms with Crippen molar-refractivity contribution < 1.29 is 19.1 Å². The van der Waals surface area contributed by atoms with E-state index in [1.165, 1.54) is 11.3 Å². The van der Waals surface area contributed by atoms with Gasteiger partial charge in [-0.15, -0.1) is 0 Å². The van der Waals surface area contributed by atoms with E-state index in [9.17, 15) is 14.4 Å². The second-order valence-electron chi connectivity index (χ2n) is 10.1. The summed E-state index contributed by atoms with van der Waals surface area (Å²) in [6.07, 6.45) is 1.88. The zero-order chi connectivity index (χ0) is 30.1. The molecular weight excluding hydrogens is 550 g/mol. The van der Waals surface area contributed by atoms with Crippen LogP contribution in [-0.4, -0.2) is 34.3 Å². The van der Waals surface area contributed by atoms with Gasteiger partial charge in [-0.1, -0.05) is 41.2 Å². The molecule has 1 aliphatic rings. The normalized spacial score (nSPS) is 14.9. The first-order valence-electron chi connectivity index (χ1n) is 13.9. The van der Waals surface area contributed by atoms with E-state index in [1.807, 2.05) is 69.3 Å².